The molecule has 0 radical (unpaired) electrons. The van der Waals surface area contributed by atoms with E-state index in [4.69, 9.17) is 4.74 Å². The summed E-state index contributed by atoms with van der Waals surface area (Å²) in [6, 6.07) is 23.6. The van der Waals surface area contributed by atoms with Gasteiger partial charge in [0.25, 0.3) is 5.91 Å². The lowest BCUT2D eigenvalue weighted by atomic mass is 9.99. The smallest absolute Gasteiger partial charge is 0.255 e. The van der Waals surface area contributed by atoms with Crippen molar-refractivity contribution >= 4 is 23.2 Å². The van der Waals surface area contributed by atoms with Crippen molar-refractivity contribution in [1.82, 2.24) is 0 Å². The molecule has 1 heterocycles. The number of amides is 2. The summed E-state index contributed by atoms with van der Waals surface area (Å²) in [4.78, 5) is 30.1. The number of methoxy groups -OCH3 is 1. The van der Waals surface area contributed by atoms with Gasteiger partial charge in [-0.15, -0.1) is 0 Å². The van der Waals surface area contributed by atoms with Gasteiger partial charge in [0.2, 0.25) is 5.91 Å². The molecule has 0 N–H and O–H groups in total. The minimum atomic E-state index is -0.745. The van der Waals surface area contributed by atoms with Crippen LogP contribution in [0.1, 0.15) is 17.2 Å². The molecule has 3 aromatic carbocycles. The highest BCUT2D eigenvalue weighted by Crippen LogP contribution is 2.37. The number of rotatable bonds is 4. The third-order valence-electron chi connectivity index (χ3n) is 5.12. The second-order valence-electron chi connectivity index (χ2n) is 7.01. The van der Waals surface area contributed by atoms with Gasteiger partial charge in [0, 0.05) is 5.69 Å². The van der Waals surface area contributed by atoms with E-state index < -0.39 is 6.04 Å². The molecule has 5 nitrogen and oxygen atoms in total. The van der Waals surface area contributed by atoms with Gasteiger partial charge in [-0.2, -0.15) is 0 Å². The summed E-state index contributed by atoms with van der Waals surface area (Å²) in [5.41, 5.74) is 3.17. The molecule has 29 heavy (non-hydrogen) atoms. The van der Waals surface area contributed by atoms with Crippen LogP contribution in [0.2, 0.25) is 0 Å². The number of carbonyl (C=O) groups excluding carboxylic acids is 2. The standard InChI is InChI=1S/C24H22N2O3/c1-17-12-14-19(15-13-17)26-22(27)16-25(20-10-6-7-11-21(20)29-2)24(28)23(26)18-8-4-3-5-9-18/h3-15,23H,16H2,1-2H3. The Bertz CT molecular complexity index is 1030. The van der Waals surface area contributed by atoms with Crippen LogP contribution in [-0.2, 0) is 9.59 Å². The molecule has 3 aromatic rings. The van der Waals surface area contributed by atoms with E-state index in [0.717, 1.165) is 11.1 Å². The van der Waals surface area contributed by atoms with Gasteiger partial charge in [0.05, 0.1) is 12.8 Å². The number of nitrogens with zero attached hydrogens (tertiary/aromatic N) is 2. The summed E-state index contributed by atoms with van der Waals surface area (Å²) in [5.74, 6) is 0.248. The van der Waals surface area contributed by atoms with Crippen LogP contribution < -0.4 is 14.5 Å². The Hall–Kier alpha value is -3.60. The Kier molecular flexibility index (Phi) is 5.04. The topological polar surface area (TPSA) is 49.9 Å². The van der Waals surface area contributed by atoms with Crippen LogP contribution in [-0.4, -0.2) is 25.5 Å². The molecule has 0 aromatic heterocycles. The van der Waals surface area contributed by atoms with Crippen LogP contribution >= 0.6 is 0 Å². The predicted octanol–water partition coefficient (Wildman–Crippen LogP) is 4.12. The van der Waals surface area contributed by atoms with Crippen molar-refractivity contribution in [1.29, 1.82) is 0 Å². The molecule has 2 amide bonds. The van der Waals surface area contributed by atoms with Crippen molar-refractivity contribution in [3.05, 3.63) is 90.0 Å². The first-order valence-corrected chi connectivity index (χ1v) is 9.48. The molecule has 0 bridgehead atoms. The maximum Gasteiger partial charge on any atom is 0.255 e. The Labute approximate surface area is 170 Å². The van der Waals surface area contributed by atoms with Crippen molar-refractivity contribution in [2.75, 3.05) is 23.5 Å². The lowest BCUT2D eigenvalue weighted by molar-refractivity contribution is -0.128. The van der Waals surface area contributed by atoms with Crippen molar-refractivity contribution in [2.24, 2.45) is 0 Å². The summed E-state index contributed by atoms with van der Waals surface area (Å²) in [6.45, 7) is 1.95. The van der Waals surface area contributed by atoms with Crippen molar-refractivity contribution in [2.45, 2.75) is 13.0 Å². The number of anilines is 2. The Balaban J connectivity index is 1.82. The van der Waals surface area contributed by atoms with E-state index in [1.54, 1.807) is 24.1 Å². The SMILES string of the molecule is COc1ccccc1N1CC(=O)N(c2ccc(C)cc2)C(c2ccccc2)C1=O. The number of carbonyl (C=O) groups is 2. The third-order valence-corrected chi connectivity index (χ3v) is 5.12. The molecule has 5 heteroatoms. The molecular formula is C24H22N2O3. The zero-order valence-electron chi connectivity index (χ0n) is 16.4. The first-order valence-electron chi connectivity index (χ1n) is 9.48. The van der Waals surface area contributed by atoms with E-state index >= 15 is 0 Å². The van der Waals surface area contributed by atoms with Crippen LogP contribution in [0.15, 0.2) is 78.9 Å². The van der Waals surface area contributed by atoms with Gasteiger partial charge in [-0.3, -0.25) is 19.4 Å². The Morgan fingerprint density at radius 3 is 2.21 bits per heavy atom. The van der Waals surface area contributed by atoms with E-state index in [9.17, 15) is 9.59 Å². The van der Waals surface area contributed by atoms with Gasteiger partial charge in [-0.25, -0.2) is 0 Å². The number of ether oxygens (including phenoxy) is 1. The minimum absolute atomic E-state index is 0.0452. The van der Waals surface area contributed by atoms with Crippen LogP contribution in [0.5, 0.6) is 5.75 Å². The average Bonchev–Trinajstić information content (AvgIpc) is 2.76. The normalized spacial score (nSPS) is 16.8. The van der Waals surface area contributed by atoms with Gasteiger partial charge in [-0.1, -0.05) is 60.2 Å². The van der Waals surface area contributed by atoms with E-state index in [0.29, 0.717) is 17.1 Å². The predicted molar refractivity (Wildman–Crippen MR) is 113 cm³/mol. The quantitative estimate of drug-likeness (QED) is 0.678. The number of para-hydroxylation sites is 2. The van der Waals surface area contributed by atoms with Gasteiger partial charge < -0.3 is 4.74 Å². The summed E-state index contributed by atoms with van der Waals surface area (Å²) >= 11 is 0. The van der Waals surface area contributed by atoms with Crippen LogP contribution in [0.3, 0.4) is 0 Å². The molecule has 1 unspecified atom stereocenters. The molecular weight excluding hydrogens is 364 g/mol. The summed E-state index contributed by atoms with van der Waals surface area (Å²) < 4.78 is 5.43. The largest absolute Gasteiger partial charge is 0.495 e. The molecule has 1 aliphatic heterocycles. The second-order valence-corrected chi connectivity index (χ2v) is 7.01. The third kappa shape index (κ3) is 3.47. The molecule has 0 saturated carbocycles. The van der Waals surface area contributed by atoms with Crippen LogP contribution in [0.4, 0.5) is 11.4 Å². The maximum absolute atomic E-state index is 13.7. The molecule has 0 aliphatic carbocycles. The summed E-state index contributed by atoms with van der Waals surface area (Å²) in [7, 11) is 1.56. The van der Waals surface area contributed by atoms with Crippen LogP contribution in [0.25, 0.3) is 0 Å². The fourth-order valence-electron chi connectivity index (χ4n) is 3.67. The lowest BCUT2D eigenvalue weighted by Gasteiger charge is -2.40. The number of aryl methyl sites for hydroxylation is 1. The fourth-order valence-corrected chi connectivity index (χ4v) is 3.67. The maximum atomic E-state index is 13.7. The number of hydrogen-bond acceptors (Lipinski definition) is 3. The molecule has 0 spiro atoms. The zero-order chi connectivity index (χ0) is 20.4. The van der Waals surface area contributed by atoms with Crippen molar-refractivity contribution in [3.8, 4) is 5.75 Å². The fraction of sp³-hybridized carbons (Fsp3) is 0.167. The van der Waals surface area contributed by atoms with Crippen LogP contribution in [0, 0.1) is 6.92 Å². The van der Waals surface area contributed by atoms with E-state index in [1.165, 1.54) is 4.90 Å². The monoisotopic (exact) mass is 386 g/mol. The van der Waals surface area contributed by atoms with E-state index in [1.807, 2.05) is 73.7 Å². The molecule has 4 rings (SSSR count). The highest BCUT2D eigenvalue weighted by Gasteiger charge is 2.42. The second kappa shape index (κ2) is 7.80. The van der Waals surface area contributed by atoms with Crippen molar-refractivity contribution in [3.63, 3.8) is 0 Å². The van der Waals surface area contributed by atoms with Gasteiger partial charge in [-0.05, 0) is 36.8 Å². The molecule has 1 fully saturated rings. The number of piperazine rings is 1. The zero-order valence-corrected chi connectivity index (χ0v) is 16.4. The highest BCUT2D eigenvalue weighted by molar-refractivity contribution is 6.14. The van der Waals surface area contributed by atoms with E-state index in [2.05, 4.69) is 0 Å². The van der Waals surface area contributed by atoms with Crippen molar-refractivity contribution < 1.29 is 14.3 Å². The molecule has 146 valence electrons. The molecule has 1 atom stereocenters. The first kappa shape index (κ1) is 18.7. The highest BCUT2D eigenvalue weighted by atomic mass is 16.5. The molecule has 1 aliphatic rings. The summed E-state index contributed by atoms with van der Waals surface area (Å²) in [5, 5.41) is 0. The average molecular weight is 386 g/mol. The van der Waals surface area contributed by atoms with Gasteiger partial charge in [0.15, 0.2) is 0 Å². The van der Waals surface area contributed by atoms with Gasteiger partial charge >= 0.3 is 0 Å². The lowest BCUT2D eigenvalue weighted by Crippen LogP contribution is -2.56. The first-order chi connectivity index (χ1) is 14.1. The summed E-state index contributed by atoms with van der Waals surface area (Å²) in [6.07, 6.45) is 0. The molecule has 1 saturated heterocycles. The number of hydrogen-bond donors (Lipinski definition) is 0. The van der Waals surface area contributed by atoms with E-state index in [-0.39, 0.29) is 18.4 Å². The Morgan fingerprint density at radius 1 is 0.862 bits per heavy atom. The van der Waals surface area contributed by atoms with Gasteiger partial charge in [0.1, 0.15) is 18.3 Å². The Morgan fingerprint density at radius 2 is 1.52 bits per heavy atom. The minimum Gasteiger partial charge on any atom is -0.495 e. The number of benzene rings is 3.